The lowest BCUT2D eigenvalue weighted by atomic mass is 10.2. The Morgan fingerprint density at radius 3 is 3.00 bits per heavy atom. The highest BCUT2D eigenvalue weighted by atomic mass is 15.0. The van der Waals surface area contributed by atoms with Crippen molar-refractivity contribution in [2.24, 2.45) is 0 Å². The predicted molar refractivity (Wildman–Crippen MR) is 53.1 cm³/mol. The van der Waals surface area contributed by atoms with Crippen LogP contribution in [0.4, 0.5) is 0 Å². The molecule has 1 heterocycles. The van der Waals surface area contributed by atoms with Gasteiger partial charge in [0.25, 0.3) is 0 Å². The molecular weight excluding hydrogens is 162 g/mol. The fourth-order valence-electron chi connectivity index (χ4n) is 1.11. The lowest BCUT2D eigenvalue weighted by Crippen LogP contribution is -2.26. The summed E-state index contributed by atoms with van der Waals surface area (Å²) in [6.45, 7) is 4.80. The molecule has 0 spiro atoms. The summed E-state index contributed by atoms with van der Waals surface area (Å²) in [4.78, 5) is 7.20. The highest BCUT2D eigenvalue weighted by molar-refractivity contribution is 5.09. The number of nitrogens with one attached hydrogen (secondary N) is 2. The van der Waals surface area contributed by atoms with Gasteiger partial charge in [-0.15, -0.1) is 6.42 Å². The number of imidazole rings is 1. The van der Waals surface area contributed by atoms with Gasteiger partial charge in [-0.2, -0.15) is 0 Å². The van der Waals surface area contributed by atoms with Crippen LogP contribution in [0.25, 0.3) is 0 Å². The van der Waals surface area contributed by atoms with Gasteiger partial charge in [0, 0.05) is 12.2 Å². The van der Waals surface area contributed by atoms with E-state index in [0.717, 1.165) is 24.4 Å². The van der Waals surface area contributed by atoms with E-state index in [2.05, 4.69) is 28.1 Å². The zero-order valence-electron chi connectivity index (χ0n) is 8.09. The minimum Gasteiger partial charge on any atom is -0.348 e. The second-order valence-corrected chi connectivity index (χ2v) is 2.98. The largest absolute Gasteiger partial charge is 0.348 e. The first-order valence-corrected chi connectivity index (χ1v) is 4.46. The Morgan fingerprint density at radius 2 is 2.54 bits per heavy atom. The van der Waals surface area contributed by atoms with Gasteiger partial charge >= 0.3 is 0 Å². The zero-order valence-corrected chi connectivity index (χ0v) is 8.09. The van der Waals surface area contributed by atoms with Crippen LogP contribution in [0.1, 0.15) is 24.7 Å². The van der Waals surface area contributed by atoms with E-state index >= 15 is 0 Å². The van der Waals surface area contributed by atoms with Crippen LogP contribution >= 0.6 is 0 Å². The first-order chi connectivity index (χ1) is 6.27. The van der Waals surface area contributed by atoms with Crippen LogP contribution < -0.4 is 5.32 Å². The molecule has 0 bridgehead atoms. The Hall–Kier alpha value is -1.27. The van der Waals surface area contributed by atoms with Crippen molar-refractivity contribution in [2.45, 2.75) is 32.9 Å². The van der Waals surface area contributed by atoms with Gasteiger partial charge in [0.15, 0.2) is 0 Å². The molecule has 0 aliphatic carbocycles. The van der Waals surface area contributed by atoms with E-state index in [0.29, 0.717) is 0 Å². The van der Waals surface area contributed by atoms with Crippen LogP contribution in [0.3, 0.4) is 0 Å². The van der Waals surface area contributed by atoms with Gasteiger partial charge in [-0.3, -0.25) is 5.32 Å². The zero-order chi connectivity index (χ0) is 9.68. The molecule has 1 unspecified atom stereocenters. The summed E-state index contributed by atoms with van der Waals surface area (Å²) in [6, 6.07) is 0.149. The van der Waals surface area contributed by atoms with Crippen molar-refractivity contribution in [2.75, 3.05) is 0 Å². The van der Waals surface area contributed by atoms with Crippen molar-refractivity contribution in [3.05, 3.63) is 17.7 Å². The molecule has 0 saturated heterocycles. The average Bonchev–Trinajstić information content (AvgIpc) is 2.54. The van der Waals surface area contributed by atoms with Gasteiger partial charge in [0.1, 0.15) is 0 Å². The molecule has 1 aromatic heterocycles. The number of aromatic nitrogens is 2. The third kappa shape index (κ3) is 2.60. The van der Waals surface area contributed by atoms with E-state index in [9.17, 15) is 0 Å². The molecule has 1 atom stereocenters. The van der Waals surface area contributed by atoms with Gasteiger partial charge in [-0.1, -0.05) is 12.8 Å². The van der Waals surface area contributed by atoms with Gasteiger partial charge in [0.2, 0.25) is 0 Å². The number of nitrogens with zero attached hydrogens (tertiary/aromatic N) is 1. The van der Waals surface area contributed by atoms with E-state index in [1.807, 2.05) is 6.92 Å². The number of aryl methyl sites for hydroxylation is 1. The van der Waals surface area contributed by atoms with Crippen LogP contribution in [0, 0.1) is 19.3 Å². The third-order valence-electron chi connectivity index (χ3n) is 2.06. The standard InChI is InChI=1S/C10H15N3/c1-4-9(5-2)11-6-10-8(3)12-7-13-10/h1,7,9,11H,5-6H2,2-3H3,(H,12,13). The maximum absolute atomic E-state index is 5.32. The monoisotopic (exact) mass is 177 g/mol. The van der Waals surface area contributed by atoms with Crippen molar-refractivity contribution in [1.29, 1.82) is 0 Å². The van der Waals surface area contributed by atoms with E-state index in [1.165, 1.54) is 0 Å². The average molecular weight is 177 g/mol. The summed E-state index contributed by atoms with van der Waals surface area (Å²) < 4.78 is 0. The smallest absolute Gasteiger partial charge is 0.0925 e. The van der Waals surface area contributed by atoms with Gasteiger partial charge in [0.05, 0.1) is 18.1 Å². The highest BCUT2D eigenvalue weighted by Gasteiger charge is 2.03. The molecule has 1 aromatic rings. The van der Waals surface area contributed by atoms with Crippen LogP contribution in [0.2, 0.25) is 0 Å². The minimum absolute atomic E-state index is 0.149. The fourth-order valence-corrected chi connectivity index (χ4v) is 1.11. The van der Waals surface area contributed by atoms with Crippen LogP contribution in [-0.2, 0) is 6.54 Å². The SMILES string of the molecule is C#CC(CC)NCc1nc[nH]c1C. The number of H-pyrrole nitrogens is 1. The minimum atomic E-state index is 0.149. The topological polar surface area (TPSA) is 40.7 Å². The van der Waals surface area contributed by atoms with Crippen LogP contribution in [0.5, 0.6) is 0 Å². The van der Waals surface area contributed by atoms with Gasteiger partial charge < -0.3 is 4.98 Å². The van der Waals surface area contributed by atoms with Crippen molar-refractivity contribution in [1.82, 2.24) is 15.3 Å². The number of hydrogen-bond donors (Lipinski definition) is 2. The summed E-state index contributed by atoms with van der Waals surface area (Å²) in [5.74, 6) is 2.68. The van der Waals surface area contributed by atoms with E-state index in [1.54, 1.807) is 6.33 Å². The summed E-state index contributed by atoms with van der Waals surface area (Å²) >= 11 is 0. The van der Waals surface area contributed by atoms with Crippen LogP contribution in [0.15, 0.2) is 6.33 Å². The summed E-state index contributed by atoms with van der Waals surface area (Å²) in [5.41, 5.74) is 2.13. The molecule has 3 nitrogen and oxygen atoms in total. The summed E-state index contributed by atoms with van der Waals surface area (Å²) in [6.07, 6.45) is 7.96. The highest BCUT2D eigenvalue weighted by Crippen LogP contribution is 2.00. The molecule has 0 amide bonds. The normalized spacial score (nSPS) is 12.4. The molecule has 2 N–H and O–H groups in total. The molecular formula is C10H15N3. The van der Waals surface area contributed by atoms with Crippen molar-refractivity contribution >= 4 is 0 Å². The quantitative estimate of drug-likeness (QED) is 0.679. The summed E-state index contributed by atoms with van der Waals surface area (Å²) in [5, 5.41) is 3.24. The molecule has 0 aliphatic heterocycles. The first-order valence-electron chi connectivity index (χ1n) is 4.46. The van der Waals surface area contributed by atoms with Gasteiger partial charge in [-0.25, -0.2) is 4.98 Å². The Bertz CT molecular complexity index is 295. The number of aromatic amines is 1. The van der Waals surface area contributed by atoms with E-state index in [4.69, 9.17) is 6.42 Å². The third-order valence-corrected chi connectivity index (χ3v) is 2.06. The lowest BCUT2D eigenvalue weighted by molar-refractivity contribution is 0.585. The van der Waals surface area contributed by atoms with Crippen molar-refractivity contribution < 1.29 is 0 Å². The second kappa shape index (κ2) is 4.68. The lowest BCUT2D eigenvalue weighted by Gasteiger charge is -2.08. The number of hydrogen-bond acceptors (Lipinski definition) is 2. The van der Waals surface area contributed by atoms with Gasteiger partial charge in [-0.05, 0) is 13.3 Å². The second-order valence-electron chi connectivity index (χ2n) is 2.98. The molecule has 1 rings (SSSR count). The number of terminal acetylenes is 1. The Morgan fingerprint density at radius 1 is 1.77 bits per heavy atom. The van der Waals surface area contributed by atoms with E-state index in [-0.39, 0.29) is 6.04 Å². The Balaban J connectivity index is 2.44. The molecule has 0 aromatic carbocycles. The van der Waals surface area contributed by atoms with E-state index < -0.39 is 0 Å². The molecule has 13 heavy (non-hydrogen) atoms. The summed E-state index contributed by atoms with van der Waals surface area (Å²) in [7, 11) is 0. The molecule has 70 valence electrons. The Kier molecular flexibility index (Phi) is 3.53. The fraction of sp³-hybridized carbons (Fsp3) is 0.500. The first kappa shape index (κ1) is 9.82. The van der Waals surface area contributed by atoms with Crippen LogP contribution in [-0.4, -0.2) is 16.0 Å². The molecule has 0 fully saturated rings. The predicted octanol–water partition coefficient (Wildman–Crippen LogP) is 1.22. The molecule has 0 aliphatic rings. The Labute approximate surface area is 79.0 Å². The van der Waals surface area contributed by atoms with Crippen molar-refractivity contribution in [3.63, 3.8) is 0 Å². The molecule has 3 heteroatoms. The maximum Gasteiger partial charge on any atom is 0.0925 e. The van der Waals surface area contributed by atoms with Crippen molar-refractivity contribution in [3.8, 4) is 12.3 Å². The molecule has 0 saturated carbocycles. The maximum atomic E-state index is 5.32. The molecule has 0 radical (unpaired) electrons. The number of rotatable bonds is 4.